The maximum Gasteiger partial charge on any atom is 0.288 e. The van der Waals surface area contributed by atoms with Crippen molar-refractivity contribution in [2.45, 2.75) is 19.4 Å². The van der Waals surface area contributed by atoms with Gasteiger partial charge in [-0.1, -0.05) is 42.5 Å². The minimum Gasteiger partial charge on any atom is -0.343 e. The third-order valence-corrected chi connectivity index (χ3v) is 3.41. The lowest BCUT2D eigenvalue weighted by molar-refractivity contribution is -0.384. The molecular weight excluding hydrogens is 296 g/mol. The first kappa shape index (κ1) is 16.4. The molecule has 0 aliphatic carbocycles. The number of carbonyl (C=O) groups excluding carboxylic acids is 2. The topological polar surface area (TPSA) is 89.3 Å². The number of benzene rings is 2. The highest BCUT2D eigenvalue weighted by Crippen LogP contribution is 2.13. The highest BCUT2D eigenvalue weighted by atomic mass is 16.6. The van der Waals surface area contributed by atoms with Crippen LogP contribution < -0.4 is 5.32 Å². The minimum atomic E-state index is -0.667. The predicted octanol–water partition coefficient (Wildman–Crippen LogP) is 2.58. The van der Waals surface area contributed by atoms with Crippen LogP contribution in [0.25, 0.3) is 0 Å². The fraction of sp³-hybridized carbons (Fsp3) is 0.176. The summed E-state index contributed by atoms with van der Waals surface area (Å²) in [5.41, 5.74) is 1.41. The molecule has 1 unspecified atom stereocenters. The van der Waals surface area contributed by atoms with Crippen molar-refractivity contribution in [3.8, 4) is 0 Å². The van der Waals surface area contributed by atoms with Crippen LogP contribution in [0.1, 0.15) is 24.1 Å². The van der Waals surface area contributed by atoms with Gasteiger partial charge >= 0.3 is 0 Å². The molecule has 1 amide bonds. The maximum atomic E-state index is 12.0. The number of nitro benzene ring substituents is 1. The van der Waals surface area contributed by atoms with Crippen LogP contribution in [-0.2, 0) is 16.0 Å². The Kier molecular flexibility index (Phi) is 5.19. The molecule has 1 N–H and O–H groups in total. The van der Waals surface area contributed by atoms with E-state index in [9.17, 15) is 19.7 Å². The molecular formula is C17H16N2O4. The summed E-state index contributed by atoms with van der Waals surface area (Å²) in [6, 6.07) is 14.6. The SMILES string of the molecule is CC(NC(=O)C(=O)Cc1ccc([N+](=O)[O-])cc1)c1ccccc1. The number of carbonyl (C=O) groups is 2. The zero-order valence-electron chi connectivity index (χ0n) is 12.6. The molecule has 0 aromatic heterocycles. The van der Waals surface area contributed by atoms with Crippen molar-refractivity contribution >= 4 is 17.4 Å². The van der Waals surface area contributed by atoms with Crippen molar-refractivity contribution in [3.05, 3.63) is 75.8 Å². The van der Waals surface area contributed by atoms with E-state index < -0.39 is 16.6 Å². The van der Waals surface area contributed by atoms with Crippen molar-refractivity contribution in [1.29, 1.82) is 0 Å². The number of Topliss-reactive ketones (excluding diaryl/α,β-unsaturated/α-hetero) is 1. The van der Waals surface area contributed by atoms with E-state index >= 15 is 0 Å². The number of rotatable bonds is 6. The summed E-state index contributed by atoms with van der Waals surface area (Å²) in [5.74, 6) is -1.25. The van der Waals surface area contributed by atoms with E-state index in [0.29, 0.717) is 5.56 Å². The summed E-state index contributed by atoms with van der Waals surface area (Å²) in [7, 11) is 0. The summed E-state index contributed by atoms with van der Waals surface area (Å²) in [4.78, 5) is 33.9. The number of non-ortho nitro benzene ring substituents is 1. The molecule has 0 aliphatic rings. The van der Waals surface area contributed by atoms with Gasteiger partial charge in [-0.15, -0.1) is 0 Å². The van der Waals surface area contributed by atoms with E-state index in [1.165, 1.54) is 24.3 Å². The van der Waals surface area contributed by atoms with Gasteiger partial charge in [0, 0.05) is 18.6 Å². The molecule has 2 aromatic rings. The largest absolute Gasteiger partial charge is 0.343 e. The molecule has 6 heteroatoms. The van der Waals surface area contributed by atoms with Gasteiger partial charge in [0.05, 0.1) is 11.0 Å². The van der Waals surface area contributed by atoms with E-state index in [1.807, 2.05) is 30.3 Å². The lowest BCUT2D eigenvalue weighted by atomic mass is 10.1. The summed E-state index contributed by atoms with van der Waals surface area (Å²) in [5, 5.41) is 13.2. The first-order valence-corrected chi connectivity index (χ1v) is 7.09. The van der Waals surface area contributed by atoms with Crippen LogP contribution in [0.2, 0.25) is 0 Å². The monoisotopic (exact) mass is 312 g/mol. The highest BCUT2D eigenvalue weighted by Gasteiger charge is 2.17. The Labute approximate surface area is 133 Å². The second-order valence-electron chi connectivity index (χ2n) is 5.13. The van der Waals surface area contributed by atoms with E-state index in [-0.39, 0.29) is 18.2 Å². The lowest BCUT2D eigenvalue weighted by Gasteiger charge is -2.13. The number of nitrogens with one attached hydrogen (secondary N) is 1. The second-order valence-corrected chi connectivity index (χ2v) is 5.13. The first-order valence-electron chi connectivity index (χ1n) is 7.09. The third-order valence-electron chi connectivity index (χ3n) is 3.41. The number of hydrogen-bond acceptors (Lipinski definition) is 4. The molecule has 0 saturated heterocycles. The molecule has 0 saturated carbocycles. The Morgan fingerprint density at radius 2 is 1.70 bits per heavy atom. The molecule has 2 rings (SSSR count). The van der Waals surface area contributed by atoms with Gasteiger partial charge in [0.2, 0.25) is 5.78 Å². The molecule has 2 aromatic carbocycles. The van der Waals surface area contributed by atoms with Crippen molar-refractivity contribution in [3.63, 3.8) is 0 Å². The van der Waals surface area contributed by atoms with Crippen molar-refractivity contribution < 1.29 is 14.5 Å². The van der Waals surface area contributed by atoms with Gasteiger partial charge in [-0.3, -0.25) is 19.7 Å². The van der Waals surface area contributed by atoms with Gasteiger partial charge in [-0.25, -0.2) is 0 Å². The normalized spacial score (nSPS) is 11.5. The summed E-state index contributed by atoms with van der Waals surface area (Å²) in [6.07, 6.45) is -0.0919. The summed E-state index contributed by atoms with van der Waals surface area (Å²) < 4.78 is 0. The zero-order chi connectivity index (χ0) is 16.8. The zero-order valence-corrected chi connectivity index (χ0v) is 12.6. The number of nitro groups is 1. The average molecular weight is 312 g/mol. The van der Waals surface area contributed by atoms with E-state index in [2.05, 4.69) is 5.32 Å². The van der Waals surface area contributed by atoms with Crippen LogP contribution in [0.3, 0.4) is 0 Å². The molecule has 118 valence electrons. The van der Waals surface area contributed by atoms with Gasteiger partial charge in [0.25, 0.3) is 11.6 Å². The molecule has 0 aliphatic heterocycles. The number of nitrogens with zero attached hydrogens (tertiary/aromatic N) is 1. The first-order chi connectivity index (χ1) is 11.0. The van der Waals surface area contributed by atoms with E-state index in [1.54, 1.807) is 6.92 Å². The van der Waals surface area contributed by atoms with Crippen LogP contribution in [0, 0.1) is 10.1 Å². The van der Waals surface area contributed by atoms with Crippen LogP contribution in [0.4, 0.5) is 5.69 Å². The highest BCUT2D eigenvalue weighted by molar-refractivity contribution is 6.36. The van der Waals surface area contributed by atoms with Gasteiger partial charge in [-0.2, -0.15) is 0 Å². The van der Waals surface area contributed by atoms with Gasteiger partial charge in [-0.05, 0) is 18.1 Å². The molecule has 1 atom stereocenters. The number of hydrogen-bond donors (Lipinski definition) is 1. The van der Waals surface area contributed by atoms with Crippen LogP contribution >= 0.6 is 0 Å². The molecule has 0 heterocycles. The quantitative estimate of drug-likeness (QED) is 0.504. The number of amides is 1. The smallest absolute Gasteiger partial charge is 0.288 e. The summed E-state index contributed by atoms with van der Waals surface area (Å²) >= 11 is 0. The molecule has 0 fully saturated rings. The van der Waals surface area contributed by atoms with Gasteiger partial charge in [0.15, 0.2) is 0 Å². The van der Waals surface area contributed by atoms with Crippen LogP contribution in [0.5, 0.6) is 0 Å². The Morgan fingerprint density at radius 3 is 2.26 bits per heavy atom. The fourth-order valence-corrected chi connectivity index (χ4v) is 2.10. The molecule has 0 spiro atoms. The Balaban J connectivity index is 1.94. The molecule has 0 bridgehead atoms. The molecule has 23 heavy (non-hydrogen) atoms. The van der Waals surface area contributed by atoms with Gasteiger partial charge < -0.3 is 5.32 Å². The van der Waals surface area contributed by atoms with Crippen molar-refractivity contribution in [1.82, 2.24) is 5.32 Å². The Bertz CT molecular complexity index is 711. The van der Waals surface area contributed by atoms with Crippen molar-refractivity contribution in [2.24, 2.45) is 0 Å². The van der Waals surface area contributed by atoms with Gasteiger partial charge in [0.1, 0.15) is 0 Å². The van der Waals surface area contributed by atoms with Crippen LogP contribution in [0.15, 0.2) is 54.6 Å². The van der Waals surface area contributed by atoms with E-state index in [0.717, 1.165) is 5.56 Å². The molecule has 6 nitrogen and oxygen atoms in total. The molecule has 0 radical (unpaired) electrons. The maximum absolute atomic E-state index is 12.0. The minimum absolute atomic E-state index is 0.0525. The predicted molar refractivity (Wildman–Crippen MR) is 84.8 cm³/mol. The second kappa shape index (κ2) is 7.31. The Hall–Kier alpha value is -3.02. The van der Waals surface area contributed by atoms with Crippen molar-refractivity contribution in [2.75, 3.05) is 0 Å². The lowest BCUT2D eigenvalue weighted by Crippen LogP contribution is -2.34. The third kappa shape index (κ3) is 4.47. The van der Waals surface area contributed by atoms with E-state index in [4.69, 9.17) is 0 Å². The van der Waals surface area contributed by atoms with Crippen LogP contribution in [-0.4, -0.2) is 16.6 Å². The number of ketones is 1. The Morgan fingerprint density at radius 1 is 1.09 bits per heavy atom. The average Bonchev–Trinajstić information content (AvgIpc) is 2.56. The standard InChI is InChI=1S/C17H16N2O4/c1-12(14-5-3-2-4-6-14)18-17(21)16(20)11-13-7-9-15(10-8-13)19(22)23/h2-10,12H,11H2,1H3,(H,18,21). The summed E-state index contributed by atoms with van der Waals surface area (Å²) in [6.45, 7) is 1.80. The fourth-order valence-electron chi connectivity index (χ4n) is 2.10.